The van der Waals surface area contributed by atoms with Gasteiger partial charge in [0, 0.05) is 24.2 Å². The molecule has 3 nitrogen and oxygen atoms in total. The van der Waals surface area contributed by atoms with Crippen molar-refractivity contribution in [1.82, 2.24) is 0 Å². The maximum atomic E-state index is 11.7. The van der Waals surface area contributed by atoms with Crippen LogP contribution in [0.3, 0.4) is 0 Å². The van der Waals surface area contributed by atoms with Gasteiger partial charge < -0.3 is 9.64 Å². The van der Waals surface area contributed by atoms with Crippen molar-refractivity contribution in [3.63, 3.8) is 0 Å². The zero-order valence-corrected chi connectivity index (χ0v) is 12.2. The summed E-state index contributed by atoms with van der Waals surface area (Å²) in [6.07, 6.45) is 5.97. The van der Waals surface area contributed by atoms with Crippen LogP contribution in [0.1, 0.15) is 49.4 Å². The molecule has 3 rings (SSSR count). The van der Waals surface area contributed by atoms with Gasteiger partial charge >= 0.3 is 0 Å². The van der Waals surface area contributed by atoms with Crippen LogP contribution in [-0.2, 0) is 4.74 Å². The molecule has 1 saturated carbocycles. The largest absolute Gasteiger partial charge is 0.374 e. The summed E-state index contributed by atoms with van der Waals surface area (Å²) in [5, 5.41) is 0. The van der Waals surface area contributed by atoms with Crippen LogP contribution in [-0.4, -0.2) is 31.1 Å². The molecule has 1 heterocycles. The first kappa shape index (κ1) is 13.6. The van der Waals surface area contributed by atoms with Crippen LogP contribution >= 0.6 is 0 Å². The van der Waals surface area contributed by atoms with Crippen LogP contribution in [0.2, 0.25) is 0 Å². The summed E-state index contributed by atoms with van der Waals surface area (Å²) >= 11 is 0. The van der Waals surface area contributed by atoms with Crippen molar-refractivity contribution in [2.24, 2.45) is 0 Å². The zero-order chi connectivity index (χ0) is 13.9. The quantitative estimate of drug-likeness (QED) is 0.790. The topological polar surface area (TPSA) is 29.5 Å². The summed E-state index contributed by atoms with van der Waals surface area (Å²) in [6, 6.07) is 8.65. The second-order valence-corrected chi connectivity index (χ2v) is 5.78. The Morgan fingerprint density at radius 1 is 1.25 bits per heavy atom. The summed E-state index contributed by atoms with van der Waals surface area (Å²) in [7, 11) is 0. The summed E-state index contributed by atoms with van der Waals surface area (Å²) in [5.41, 5.74) is 2.06. The van der Waals surface area contributed by atoms with Crippen LogP contribution in [0.5, 0.6) is 0 Å². The molecule has 0 bridgehead atoms. The van der Waals surface area contributed by atoms with E-state index in [0.717, 1.165) is 18.7 Å². The average Bonchev–Trinajstić information content (AvgIpc) is 2.54. The van der Waals surface area contributed by atoms with Crippen molar-refractivity contribution in [2.75, 3.05) is 18.1 Å². The van der Waals surface area contributed by atoms with Crippen molar-refractivity contribution in [3.05, 3.63) is 29.8 Å². The Balaban J connectivity index is 1.78. The SMILES string of the molecule is CCC(=O)c1ccc(N2CCOC3CCCCC32)cc1. The van der Waals surface area contributed by atoms with E-state index in [1.807, 2.05) is 19.1 Å². The second kappa shape index (κ2) is 5.96. The number of hydrogen-bond acceptors (Lipinski definition) is 3. The highest BCUT2D eigenvalue weighted by Crippen LogP contribution is 2.32. The molecular weight excluding hydrogens is 250 g/mol. The van der Waals surface area contributed by atoms with Crippen molar-refractivity contribution in [1.29, 1.82) is 0 Å². The first-order chi connectivity index (χ1) is 9.79. The highest BCUT2D eigenvalue weighted by molar-refractivity contribution is 5.96. The smallest absolute Gasteiger partial charge is 0.162 e. The molecule has 2 fully saturated rings. The van der Waals surface area contributed by atoms with Gasteiger partial charge in [0.25, 0.3) is 0 Å². The molecule has 1 saturated heterocycles. The molecule has 0 radical (unpaired) electrons. The molecule has 0 aromatic heterocycles. The Hall–Kier alpha value is -1.35. The fourth-order valence-electron chi connectivity index (χ4n) is 3.46. The molecule has 1 aromatic rings. The minimum absolute atomic E-state index is 0.217. The van der Waals surface area contributed by atoms with Crippen LogP contribution < -0.4 is 4.90 Å². The molecule has 0 N–H and O–H groups in total. The molecule has 2 atom stereocenters. The molecule has 3 heteroatoms. The van der Waals surface area contributed by atoms with E-state index in [-0.39, 0.29) is 5.78 Å². The molecule has 1 aliphatic heterocycles. The molecular formula is C17H23NO2. The second-order valence-electron chi connectivity index (χ2n) is 5.78. The Labute approximate surface area is 120 Å². The molecule has 1 aromatic carbocycles. The van der Waals surface area contributed by atoms with Crippen LogP contribution in [0.15, 0.2) is 24.3 Å². The van der Waals surface area contributed by atoms with E-state index in [2.05, 4.69) is 17.0 Å². The highest BCUT2D eigenvalue weighted by Gasteiger charge is 2.34. The van der Waals surface area contributed by atoms with E-state index in [4.69, 9.17) is 4.74 Å². The fraction of sp³-hybridized carbons (Fsp3) is 0.588. The molecule has 0 spiro atoms. The summed E-state index contributed by atoms with van der Waals surface area (Å²) < 4.78 is 5.92. The number of ether oxygens (including phenoxy) is 1. The summed E-state index contributed by atoms with van der Waals surface area (Å²) in [4.78, 5) is 14.2. The minimum Gasteiger partial charge on any atom is -0.374 e. The van der Waals surface area contributed by atoms with Crippen LogP contribution in [0.25, 0.3) is 0 Å². The third-order valence-corrected chi connectivity index (χ3v) is 4.57. The molecule has 108 valence electrons. The number of morpholine rings is 1. The molecule has 1 aliphatic carbocycles. The third kappa shape index (κ3) is 2.59. The molecule has 20 heavy (non-hydrogen) atoms. The molecule has 2 unspecified atom stereocenters. The first-order valence-electron chi connectivity index (χ1n) is 7.81. The zero-order valence-electron chi connectivity index (χ0n) is 12.2. The van der Waals surface area contributed by atoms with Crippen molar-refractivity contribution in [2.45, 2.75) is 51.2 Å². The number of ketones is 1. The number of carbonyl (C=O) groups excluding carboxylic acids is 1. The number of anilines is 1. The number of rotatable bonds is 3. The van der Waals surface area contributed by atoms with E-state index < -0.39 is 0 Å². The lowest BCUT2D eigenvalue weighted by Gasteiger charge is -2.45. The number of carbonyl (C=O) groups is 1. The Morgan fingerprint density at radius 3 is 2.75 bits per heavy atom. The van der Waals surface area contributed by atoms with Gasteiger partial charge in [0.1, 0.15) is 0 Å². The first-order valence-corrected chi connectivity index (χ1v) is 7.81. The van der Waals surface area contributed by atoms with Crippen molar-refractivity contribution < 1.29 is 9.53 Å². The van der Waals surface area contributed by atoms with Gasteiger partial charge in [-0.25, -0.2) is 0 Å². The van der Waals surface area contributed by atoms with Crippen LogP contribution in [0, 0.1) is 0 Å². The Bertz CT molecular complexity index is 466. The van der Waals surface area contributed by atoms with Gasteiger partial charge in [-0.15, -0.1) is 0 Å². The highest BCUT2D eigenvalue weighted by atomic mass is 16.5. The normalized spacial score (nSPS) is 26.1. The third-order valence-electron chi connectivity index (χ3n) is 4.57. The number of fused-ring (bicyclic) bond motifs is 1. The van der Waals surface area contributed by atoms with Gasteiger partial charge in [-0.2, -0.15) is 0 Å². The van der Waals surface area contributed by atoms with Gasteiger partial charge in [0.2, 0.25) is 0 Å². The van der Waals surface area contributed by atoms with Crippen molar-refractivity contribution >= 4 is 11.5 Å². The standard InChI is InChI=1S/C17H23NO2/c1-2-16(19)13-7-9-14(10-8-13)18-11-12-20-17-6-4-3-5-15(17)18/h7-10,15,17H,2-6,11-12H2,1H3. The lowest BCUT2D eigenvalue weighted by Crippen LogP contribution is -2.52. The lowest BCUT2D eigenvalue weighted by atomic mass is 9.89. The van der Waals surface area contributed by atoms with Gasteiger partial charge in [-0.3, -0.25) is 4.79 Å². The Kier molecular flexibility index (Phi) is 4.06. The maximum Gasteiger partial charge on any atom is 0.162 e. The number of Topliss-reactive ketones (excluding diaryl/α,β-unsaturated/α-hetero) is 1. The molecule has 2 aliphatic rings. The average molecular weight is 273 g/mol. The fourth-order valence-corrected chi connectivity index (χ4v) is 3.46. The Morgan fingerprint density at radius 2 is 2.00 bits per heavy atom. The van der Waals surface area contributed by atoms with Crippen LogP contribution in [0.4, 0.5) is 5.69 Å². The summed E-state index contributed by atoms with van der Waals surface area (Å²) in [5.74, 6) is 0.217. The maximum absolute atomic E-state index is 11.7. The van der Waals surface area contributed by atoms with Gasteiger partial charge in [-0.05, 0) is 37.1 Å². The van der Waals surface area contributed by atoms with E-state index in [0.29, 0.717) is 18.6 Å². The van der Waals surface area contributed by atoms with E-state index in [9.17, 15) is 4.79 Å². The molecule has 0 amide bonds. The number of benzene rings is 1. The monoisotopic (exact) mass is 273 g/mol. The predicted molar refractivity (Wildman–Crippen MR) is 80.4 cm³/mol. The van der Waals surface area contributed by atoms with E-state index in [1.54, 1.807) is 0 Å². The van der Waals surface area contributed by atoms with Gasteiger partial charge in [0.15, 0.2) is 5.78 Å². The van der Waals surface area contributed by atoms with Gasteiger partial charge in [0.05, 0.1) is 18.8 Å². The lowest BCUT2D eigenvalue weighted by molar-refractivity contribution is -0.00867. The van der Waals surface area contributed by atoms with Crippen molar-refractivity contribution in [3.8, 4) is 0 Å². The number of nitrogens with zero attached hydrogens (tertiary/aromatic N) is 1. The predicted octanol–water partition coefficient (Wildman–Crippen LogP) is 3.43. The summed E-state index contributed by atoms with van der Waals surface area (Å²) in [6.45, 7) is 3.68. The minimum atomic E-state index is 0.217. The van der Waals surface area contributed by atoms with E-state index in [1.165, 1.54) is 31.4 Å². The van der Waals surface area contributed by atoms with Gasteiger partial charge in [-0.1, -0.05) is 19.8 Å². The van der Waals surface area contributed by atoms with E-state index >= 15 is 0 Å². The number of hydrogen-bond donors (Lipinski definition) is 0.